The summed E-state index contributed by atoms with van der Waals surface area (Å²) in [5, 5.41) is 13.8. The van der Waals surface area contributed by atoms with E-state index in [9.17, 15) is 27.9 Å². The Kier molecular flexibility index (Phi) is 12.1. The molecular formula is C30H40ClN5O7S. The number of carbonyl (C=O) groups excluding carboxylic acids is 3. The van der Waals surface area contributed by atoms with E-state index in [1.165, 1.54) is 4.90 Å². The van der Waals surface area contributed by atoms with Crippen LogP contribution in [0, 0.1) is 0 Å². The van der Waals surface area contributed by atoms with Gasteiger partial charge in [0.2, 0.25) is 27.7 Å². The van der Waals surface area contributed by atoms with E-state index < -0.39 is 40.0 Å². The maximum absolute atomic E-state index is 13.9. The third-order valence-electron chi connectivity index (χ3n) is 7.77. The molecule has 3 unspecified atom stereocenters. The molecule has 2 aliphatic heterocycles. The van der Waals surface area contributed by atoms with Crippen molar-refractivity contribution >= 4 is 39.3 Å². The molecule has 3 atom stereocenters. The summed E-state index contributed by atoms with van der Waals surface area (Å²) in [6.07, 6.45) is -0.573. The predicted octanol–water partition coefficient (Wildman–Crippen LogP) is 0.894. The summed E-state index contributed by atoms with van der Waals surface area (Å²) < 4.78 is 34.2. The van der Waals surface area contributed by atoms with Gasteiger partial charge in [0.25, 0.3) is 0 Å². The fraction of sp³-hybridized carbons (Fsp3) is 0.500. The van der Waals surface area contributed by atoms with E-state index in [-0.39, 0.29) is 57.0 Å². The number of hydrogen-bond acceptors (Lipinski definition) is 8. The van der Waals surface area contributed by atoms with E-state index in [2.05, 4.69) is 10.0 Å². The minimum Gasteiger partial charge on any atom is -0.391 e. The summed E-state index contributed by atoms with van der Waals surface area (Å²) in [5.74, 6) is -1.58. The van der Waals surface area contributed by atoms with Gasteiger partial charge in [-0.3, -0.25) is 14.4 Å². The molecule has 0 spiro atoms. The molecule has 0 radical (unpaired) electrons. The van der Waals surface area contributed by atoms with Gasteiger partial charge in [0.05, 0.1) is 25.1 Å². The van der Waals surface area contributed by atoms with Crippen molar-refractivity contribution in [3.63, 3.8) is 0 Å². The van der Waals surface area contributed by atoms with E-state index in [0.29, 0.717) is 36.9 Å². The Morgan fingerprint density at radius 3 is 2.52 bits per heavy atom. The Labute approximate surface area is 262 Å². The predicted molar refractivity (Wildman–Crippen MR) is 165 cm³/mol. The molecule has 12 nitrogen and oxygen atoms in total. The Bertz CT molecular complexity index is 1410. The first-order valence-electron chi connectivity index (χ1n) is 14.7. The lowest BCUT2D eigenvalue weighted by Gasteiger charge is -2.29. The van der Waals surface area contributed by atoms with Crippen LogP contribution in [0.15, 0.2) is 48.5 Å². The van der Waals surface area contributed by atoms with Crippen molar-refractivity contribution in [1.29, 1.82) is 0 Å². The SMILES string of the molecule is NCc1ccc(Cl)cc1CNC(=O)C1CC(O)CN1C(=O)C(CCCC(=O)N1CCOCC1)NS(=O)(=O)Cc1ccccc1. The van der Waals surface area contributed by atoms with Gasteiger partial charge in [-0.25, -0.2) is 13.1 Å². The first-order valence-corrected chi connectivity index (χ1v) is 16.7. The molecule has 3 amide bonds. The van der Waals surface area contributed by atoms with E-state index in [4.69, 9.17) is 22.1 Å². The summed E-state index contributed by atoms with van der Waals surface area (Å²) in [6.45, 7) is 2.09. The normalized spacial score (nSPS) is 19.5. The third-order valence-corrected chi connectivity index (χ3v) is 9.36. The molecule has 44 heavy (non-hydrogen) atoms. The number of ether oxygens (including phenoxy) is 1. The molecule has 4 rings (SSSR count). The van der Waals surface area contributed by atoms with Gasteiger partial charge in [-0.05, 0) is 41.7 Å². The van der Waals surface area contributed by atoms with Gasteiger partial charge in [0, 0.05) is 50.6 Å². The van der Waals surface area contributed by atoms with Crippen molar-refractivity contribution < 1.29 is 32.6 Å². The average molecular weight is 650 g/mol. The smallest absolute Gasteiger partial charge is 0.243 e. The number of nitrogens with one attached hydrogen (secondary N) is 2. The molecule has 240 valence electrons. The van der Waals surface area contributed by atoms with Crippen LogP contribution in [0.3, 0.4) is 0 Å². The molecular weight excluding hydrogens is 610 g/mol. The van der Waals surface area contributed by atoms with Crippen molar-refractivity contribution in [2.45, 2.75) is 62.7 Å². The number of carbonyl (C=O) groups is 3. The van der Waals surface area contributed by atoms with Crippen molar-refractivity contribution in [3.05, 3.63) is 70.2 Å². The number of rotatable bonds is 13. The van der Waals surface area contributed by atoms with Crippen LogP contribution < -0.4 is 15.8 Å². The lowest BCUT2D eigenvalue weighted by atomic mass is 10.1. The number of benzene rings is 2. The Morgan fingerprint density at radius 2 is 1.82 bits per heavy atom. The fourth-order valence-electron chi connectivity index (χ4n) is 5.48. The van der Waals surface area contributed by atoms with Crippen LogP contribution in [0.5, 0.6) is 0 Å². The van der Waals surface area contributed by atoms with Crippen LogP contribution in [0.4, 0.5) is 0 Å². The zero-order chi connectivity index (χ0) is 31.7. The van der Waals surface area contributed by atoms with E-state index in [0.717, 1.165) is 11.1 Å². The lowest BCUT2D eigenvalue weighted by Crippen LogP contribution is -2.53. The van der Waals surface area contributed by atoms with E-state index >= 15 is 0 Å². The highest BCUT2D eigenvalue weighted by atomic mass is 35.5. The maximum atomic E-state index is 13.9. The monoisotopic (exact) mass is 649 g/mol. The number of sulfonamides is 1. The highest BCUT2D eigenvalue weighted by Crippen LogP contribution is 2.22. The minimum atomic E-state index is -3.99. The molecule has 0 aromatic heterocycles. The Hall–Kier alpha value is -3.07. The quantitative estimate of drug-likeness (QED) is 0.248. The number of nitrogens with zero attached hydrogens (tertiary/aromatic N) is 2. The van der Waals surface area contributed by atoms with Gasteiger partial charge in [-0.2, -0.15) is 0 Å². The Morgan fingerprint density at radius 1 is 1.09 bits per heavy atom. The second kappa shape index (κ2) is 15.8. The van der Waals surface area contributed by atoms with Crippen LogP contribution >= 0.6 is 11.6 Å². The van der Waals surface area contributed by atoms with Crippen LogP contribution in [0.2, 0.25) is 5.02 Å². The molecule has 2 heterocycles. The molecule has 0 aliphatic carbocycles. The highest BCUT2D eigenvalue weighted by Gasteiger charge is 2.42. The maximum Gasteiger partial charge on any atom is 0.243 e. The van der Waals surface area contributed by atoms with Crippen molar-refractivity contribution in [3.8, 4) is 0 Å². The Balaban J connectivity index is 1.47. The summed E-state index contributed by atoms with van der Waals surface area (Å²) in [7, 11) is -3.99. The highest BCUT2D eigenvalue weighted by molar-refractivity contribution is 7.88. The van der Waals surface area contributed by atoms with Gasteiger partial charge in [0.1, 0.15) is 12.1 Å². The summed E-state index contributed by atoms with van der Waals surface area (Å²) in [5.41, 5.74) is 7.88. The second-order valence-corrected chi connectivity index (χ2v) is 13.2. The van der Waals surface area contributed by atoms with Crippen molar-refractivity contribution in [1.82, 2.24) is 19.8 Å². The van der Waals surface area contributed by atoms with E-state index in [1.807, 2.05) is 0 Å². The molecule has 2 aromatic rings. The lowest BCUT2D eigenvalue weighted by molar-refractivity contribution is -0.140. The van der Waals surface area contributed by atoms with Gasteiger partial charge in [-0.15, -0.1) is 0 Å². The number of halogens is 1. The van der Waals surface area contributed by atoms with Gasteiger partial charge in [0.15, 0.2) is 0 Å². The summed E-state index contributed by atoms with van der Waals surface area (Å²) in [4.78, 5) is 42.8. The molecule has 2 aliphatic rings. The average Bonchev–Trinajstić information content (AvgIpc) is 3.41. The number of β-amino-alcohol motifs (C(OH)–C–C–N with tert-alkyl or cyclic N) is 1. The van der Waals surface area contributed by atoms with Crippen LogP contribution in [0.25, 0.3) is 0 Å². The number of amides is 3. The van der Waals surface area contributed by atoms with Crippen molar-refractivity contribution in [2.24, 2.45) is 5.73 Å². The largest absolute Gasteiger partial charge is 0.391 e. The molecule has 5 N–H and O–H groups in total. The number of aliphatic hydroxyl groups is 1. The van der Waals surface area contributed by atoms with Gasteiger partial charge >= 0.3 is 0 Å². The number of morpholine rings is 1. The molecule has 2 saturated heterocycles. The molecule has 14 heteroatoms. The fourth-order valence-corrected chi connectivity index (χ4v) is 7.04. The third kappa shape index (κ3) is 9.46. The second-order valence-electron chi connectivity index (χ2n) is 11.0. The first-order chi connectivity index (χ1) is 21.1. The number of likely N-dealkylation sites (tertiary alicyclic amines) is 1. The van der Waals surface area contributed by atoms with Gasteiger partial charge < -0.3 is 30.7 Å². The zero-order valence-electron chi connectivity index (χ0n) is 24.5. The number of aliphatic hydroxyl groups excluding tert-OH is 1. The summed E-state index contributed by atoms with van der Waals surface area (Å²) in [6, 6.07) is 11.5. The minimum absolute atomic E-state index is 0.00410. The molecule has 2 aromatic carbocycles. The zero-order valence-corrected chi connectivity index (χ0v) is 26.1. The van der Waals surface area contributed by atoms with E-state index in [1.54, 1.807) is 53.4 Å². The van der Waals surface area contributed by atoms with Crippen LogP contribution in [0.1, 0.15) is 42.4 Å². The van der Waals surface area contributed by atoms with Crippen LogP contribution in [-0.4, -0.2) is 92.1 Å². The summed E-state index contributed by atoms with van der Waals surface area (Å²) >= 11 is 6.12. The van der Waals surface area contributed by atoms with Gasteiger partial charge in [-0.1, -0.05) is 48.0 Å². The topological polar surface area (TPSA) is 171 Å². The molecule has 2 fully saturated rings. The van der Waals surface area contributed by atoms with Crippen LogP contribution in [-0.2, 0) is 48.0 Å². The van der Waals surface area contributed by atoms with Crippen molar-refractivity contribution in [2.75, 3.05) is 32.8 Å². The standard InChI is InChI=1S/C30H40ClN5O7S/c31-24-10-9-22(17-32)23(15-24)18-33-29(39)27-16-25(37)19-36(27)30(40)26(7-4-8-28(38)35-11-13-43-14-12-35)34-44(41,42)20-21-5-2-1-3-6-21/h1-3,5-6,9-10,15,25-27,34,37H,4,7-8,11-14,16-20,32H2,(H,33,39). The molecule has 0 bridgehead atoms. The number of nitrogens with two attached hydrogens (primary N) is 1. The molecule has 0 saturated carbocycles. The first kappa shape index (κ1) is 33.8. The number of hydrogen-bond donors (Lipinski definition) is 4.